The van der Waals surface area contributed by atoms with E-state index in [0.717, 1.165) is 17.5 Å². The van der Waals surface area contributed by atoms with Crippen LogP contribution in [0.15, 0.2) is 30.3 Å². The Hall–Kier alpha value is -2.40. The molecular formula is C17H18O5. The van der Waals surface area contributed by atoms with Crippen LogP contribution in [0.3, 0.4) is 0 Å². The number of aryl methyl sites for hydroxylation is 1. The van der Waals surface area contributed by atoms with E-state index >= 15 is 0 Å². The predicted molar refractivity (Wildman–Crippen MR) is 80.3 cm³/mol. The van der Waals surface area contributed by atoms with Gasteiger partial charge in [0.2, 0.25) is 0 Å². The van der Waals surface area contributed by atoms with Crippen LogP contribution in [0.1, 0.15) is 29.7 Å². The number of benzene rings is 2. The zero-order valence-corrected chi connectivity index (χ0v) is 12.2. The quantitative estimate of drug-likeness (QED) is 0.640. The standard InChI is InChI=1S/C17H18O5/c1-2-9-5-11(18)7-16-12(9)8-15(21)17(22-16)10-3-4-13(19)14(20)6-10/h3-7,15,17-21H,2,8H2,1H3. The molecule has 3 rings (SSSR count). The molecule has 0 aliphatic carbocycles. The van der Waals surface area contributed by atoms with Gasteiger partial charge in [0, 0.05) is 18.1 Å². The Morgan fingerprint density at radius 3 is 2.55 bits per heavy atom. The first kappa shape index (κ1) is 14.5. The van der Waals surface area contributed by atoms with Crippen molar-refractivity contribution in [3.8, 4) is 23.0 Å². The number of rotatable bonds is 2. The van der Waals surface area contributed by atoms with Crippen molar-refractivity contribution in [1.29, 1.82) is 0 Å². The van der Waals surface area contributed by atoms with Crippen LogP contribution in [0, 0.1) is 0 Å². The monoisotopic (exact) mass is 302 g/mol. The zero-order valence-electron chi connectivity index (χ0n) is 12.2. The molecule has 0 aromatic heterocycles. The molecule has 2 unspecified atom stereocenters. The summed E-state index contributed by atoms with van der Waals surface area (Å²) in [5.74, 6) is 0.184. The molecule has 0 saturated carbocycles. The normalized spacial score (nSPS) is 20.3. The molecule has 5 nitrogen and oxygen atoms in total. The van der Waals surface area contributed by atoms with E-state index in [1.807, 2.05) is 6.92 Å². The lowest BCUT2D eigenvalue weighted by Gasteiger charge is -2.32. The molecule has 0 saturated heterocycles. The minimum atomic E-state index is -0.772. The van der Waals surface area contributed by atoms with Gasteiger partial charge in [0.1, 0.15) is 17.6 Å². The Bertz CT molecular complexity index is 710. The Balaban J connectivity index is 2.00. The van der Waals surface area contributed by atoms with Gasteiger partial charge < -0.3 is 25.2 Å². The van der Waals surface area contributed by atoms with Crippen molar-refractivity contribution in [2.75, 3.05) is 0 Å². The summed E-state index contributed by atoms with van der Waals surface area (Å²) in [6.45, 7) is 1.98. The van der Waals surface area contributed by atoms with Gasteiger partial charge in [0.15, 0.2) is 11.5 Å². The average molecular weight is 302 g/mol. The van der Waals surface area contributed by atoms with E-state index in [1.165, 1.54) is 18.2 Å². The third kappa shape index (κ3) is 2.44. The van der Waals surface area contributed by atoms with Gasteiger partial charge in [0.05, 0.1) is 6.10 Å². The Labute approximate surface area is 128 Å². The van der Waals surface area contributed by atoms with Gasteiger partial charge in [-0.2, -0.15) is 0 Å². The molecule has 0 spiro atoms. The summed E-state index contributed by atoms with van der Waals surface area (Å²) in [6, 6.07) is 7.54. The van der Waals surface area contributed by atoms with Gasteiger partial charge in [-0.05, 0) is 35.7 Å². The van der Waals surface area contributed by atoms with Crippen molar-refractivity contribution < 1.29 is 25.2 Å². The number of ether oxygens (including phenoxy) is 1. The summed E-state index contributed by atoms with van der Waals surface area (Å²) in [4.78, 5) is 0. The van der Waals surface area contributed by atoms with Crippen molar-refractivity contribution in [2.45, 2.75) is 32.0 Å². The maximum atomic E-state index is 10.4. The molecular weight excluding hydrogens is 284 g/mol. The van der Waals surface area contributed by atoms with E-state index in [4.69, 9.17) is 4.74 Å². The Morgan fingerprint density at radius 2 is 1.86 bits per heavy atom. The summed E-state index contributed by atoms with van der Waals surface area (Å²) in [7, 11) is 0. The van der Waals surface area contributed by atoms with Crippen LogP contribution in [-0.4, -0.2) is 26.5 Å². The lowest BCUT2D eigenvalue weighted by atomic mass is 9.91. The molecule has 116 valence electrons. The topological polar surface area (TPSA) is 90.2 Å². The molecule has 2 atom stereocenters. The van der Waals surface area contributed by atoms with E-state index in [0.29, 0.717) is 17.7 Å². The van der Waals surface area contributed by atoms with Crippen LogP contribution < -0.4 is 4.74 Å². The fraction of sp³-hybridized carbons (Fsp3) is 0.294. The Morgan fingerprint density at radius 1 is 1.09 bits per heavy atom. The highest BCUT2D eigenvalue weighted by Gasteiger charge is 2.31. The van der Waals surface area contributed by atoms with Crippen LogP contribution in [0.4, 0.5) is 0 Å². The van der Waals surface area contributed by atoms with E-state index < -0.39 is 12.2 Å². The summed E-state index contributed by atoms with van der Waals surface area (Å²) < 4.78 is 5.85. The highest BCUT2D eigenvalue weighted by molar-refractivity contribution is 5.49. The molecule has 1 aliphatic heterocycles. The molecule has 0 bridgehead atoms. The van der Waals surface area contributed by atoms with Gasteiger partial charge in [-0.15, -0.1) is 0 Å². The lowest BCUT2D eigenvalue weighted by Crippen LogP contribution is -2.31. The van der Waals surface area contributed by atoms with Gasteiger partial charge in [-0.3, -0.25) is 0 Å². The number of fused-ring (bicyclic) bond motifs is 1. The fourth-order valence-electron chi connectivity index (χ4n) is 2.88. The van der Waals surface area contributed by atoms with Gasteiger partial charge >= 0.3 is 0 Å². The van der Waals surface area contributed by atoms with Gasteiger partial charge in [0.25, 0.3) is 0 Å². The minimum absolute atomic E-state index is 0.124. The van der Waals surface area contributed by atoms with E-state index in [1.54, 1.807) is 12.1 Å². The SMILES string of the molecule is CCc1cc(O)cc2c1CC(O)C(c1ccc(O)c(O)c1)O2. The third-order valence-electron chi connectivity index (χ3n) is 4.01. The molecule has 22 heavy (non-hydrogen) atoms. The van der Waals surface area contributed by atoms with Crippen molar-refractivity contribution in [3.05, 3.63) is 47.0 Å². The molecule has 1 aliphatic rings. The van der Waals surface area contributed by atoms with Crippen LogP contribution in [0.25, 0.3) is 0 Å². The van der Waals surface area contributed by atoms with Crippen molar-refractivity contribution >= 4 is 0 Å². The van der Waals surface area contributed by atoms with Crippen LogP contribution in [0.2, 0.25) is 0 Å². The van der Waals surface area contributed by atoms with E-state index in [9.17, 15) is 20.4 Å². The molecule has 2 aromatic rings. The van der Waals surface area contributed by atoms with Crippen LogP contribution >= 0.6 is 0 Å². The first-order valence-electron chi connectivity index (χ1n) is 7.21. The number of phenolic OH excluding ortho intramolecular Hbond substituents is 3. The number of aliphatic hydroxyl groups is 1. The van der Waals surface area contributed by atoms with E-state index in [2.05, 4.69) is 0 Å². The van der Waals surface area contributed by atoms with Crippen LogP contribution in [0.5, 0.6) is 23.0 Å². The highest BCUT2D eigenvalue weighted by atomic mass is 16.5. The molecule has 1 heterocycles. The maximum Gasteiger partial charge on any atom is 0.157 e. The Kier molecular flexibility index (Phi) is 3.58. The zero-order chi connectivity index (χ0) is 15.9. The number of hydrogen-bond acceptors (Lipinski definition) is 5. The molecule has 2 aromatic carbocycles. The second kappa shape index (κ2) is 5.42. The number of phenols is 3. The molecule has 0 fully saturated rings. The summed E-state index contributed by atoms with van der Waals surface area (Å²) in [6.07, 6.45) is -0.292. The maximum absolute atomic E-state index is 10.4. The molecule has 5 heteroatoms. The molecule has 0 radical (unpaired) electrons. The molecule has 4 N–H and O–H groups in total. The minimum Gasteiger partial charge on any atom is -0.508 e. The van der Waals surface area contributed by atoms with Gasteiger partial charge in [-0.25, -0.2) is 0 Å². The second-order valence-electron chi connectivity index (χ2n) is 5.49. The molecule has 0 amide bonds. The summed E-state index contributed by atoms with van der Waals surface area (Å²) in [5.41, 5.74) is 2.41. The number of aromatic hydroxyl groups is 3. The predicted octanol–water partition coefficient (Wildman–Crippen LogP) is 2.40. The first-order valence-corrected chi connectivity index (χ1v) is 7.21. The lowest BCUT2D eigenvalue weighted by molar-refractivity contribution is 0.0202. The number of hydrogen-bond donors (Lipinski definition) is 4. The average Bonchev–Trinajstić information content (AvgIpc) is 2.49. The smallest absolute Gasteiger partial charge is 0.157 e. The third-order valence-corrected chi connectivity index (χ3v) is 4.01. The van der Waals surface area contributed by atoms with Crippen LogP contribution in [-0.2, 0) is 12.8 Å². The fourth-order valence-corrected chi connectivity index (χ4v) is 2.88. The van der Waals surface area contributed by atoms with Crippen molar-refractivity contribution in [3.63, 3.8) is 0 Å². The van der Waals surface area contributed by atoms with Crippen molar-refractivity contribution in [2.24, 2.45) is 0 Å². The first-order chi connectivity index (χ1) is 10.5. The highest BCUT2D eigenvalue weighted by Crippen LogP contribution is 2.40. The second-order valence-corrected chi connectivity index (χ2v) is 5.49. The number of aliphatic hydroxyl groups excluding tert-OH is 1. The van der Waals surface area contributed by atoms with E-state index in [-0.39, 0.29) is 17.2 Å². The van der Waals surface area contributed by atoms with Crippen molar-refractivity contribution in [1.82, 2.24) is 0 Å². The van der Waals surface area contributed by atoms with Gasteiger partial charge in [-0.1, -0.05) is 13.0 Å². The summed E-state index contributed by atoms with van der Waals surface area (Å²) >= 11 is 0. The largest absolute Gasteiger partial charge is 0.508 e. The summed E-state index contributed by atoms with van der Waals surface area (Å²) in [5, 5.41) is 39.2.